The smallest absolute Gasteiger partial charge is 0.173 e. The highest BCUT2D eigenvalue weighted by molar-refractivity contribution is 8.00. The summed E-state index contributed by atoms with van der Waals surface area (Å²) in [5, 5.41) is 10.3. The largest absolute Gasteiger partial charge is 0.293 e. The van der Waals surface area contributed by atoms with Gasteiger partial charge in [0.25, 0.3) is 0 Å². The highest BCUT2D eigenvalue weighted by Crippen LogP contribution is 2.24. The highest BCUT2D eigenvalue weighted by Gasteiger charge is 2.12. The molecule has 0 aliphatic rings. The minimum absolute atomic E-state index is 0.0349. The molecule has 0 saturated carbocycles. The summed E-state index contributed by atoms with van der Waals surface area (Å²) in [6.07, 6.45) is 0. The van der Waals surface area contributed by atoms with E-state index in [2.05, 4.69) is 11.1 Å². The molecule has 1 heterocycles. The summed E-state index contributed by atoms with van der Waals surface area (Å²) in [7, 11) is 0. The van der Waals surface area contributed by atoms with Gasteiger partial charge in [-0.25, -0.2) is 4.98 Å². The maximum atomic E-state index is 12.1. The summed E-state index contributed by atoms with van der Waals surface area (Å²) in [4.78, 5) is 16.5. The number of aromatic nitrogens is 1. The summed E-state index contributed by atoms with van der Waals surface area (Å²) in [5.74, 6) is 0.192. The van der Waals surface area contributed by atoms with Crippen molar-refractivity contribution in [2.75, 3.05) is 5.75 Å². The van der Waals surface area contributed by atoms with Crippen LogP contribution >= 0.6 is 23.4 Å². The molecule has 0 N–H and O–H groups in total. The van der Waals surface area contributed by atoms with Crippen molar-refractivity contribution in [3.8, 4) is 6.07 Å². The number of hydrogen-bond acceptors (Lipinski definition) is 4. The van der Waals surface area contributed by atoms with Crippen LogP contribution in [-0.4, -0.2) is 16.5 Å². The number of nitriles is 1. The van der Waals surface area contributed by atoms with E-state index in [0.29, 0.717) is 21.2 Å². The number of halogens is 1. The third-order valence-corrected chi connectivity index (χ3v) is 4.12. The molecule has 1 aromatic carbocycles. The van der Waals surface area contributed by atoms with Gasteiger partial charge in [-0.3, -0.25) is 4.79 Å². The van der Waals surface area contributed by atoms with Crippen molar-refractivity contribution in [2.24, 2.45) is 0 Å². The fourth-order valence-electron chi connectivity index (χ4n) is 1.92. The molecule has 0 aliphatic carbocycles. The van der Waals surface area contributed by atoms with Crippen LogP contribution in [0.2, 0.25) is 5.02 Å². The van der Waals surface area contributed by atoms with Crippen LogP contribution in [-0.2, 0) is 0 Å². The van der Waals surface area contributed by atoms with Crippen LogP contribution in [0.1, 0.15) is 27.2 Å². The van der Waals surface area contributed by atoms with E-state index in [1.165, 1.54) is 11.8 Å². The van der Waals surface area contributed by atoms with Gasteiger partial charge in [0.1, 0.15) is 11.1 Å². The van der Waals surface area contributed by atoms with E-state index in [1.54, 1.807) is 24.3 Å². The molecule has 21 heavy (non-hydrogen) atoms. The molecule has 5 heteroatoms. The number of carbonyl (C=O) groups excluding carboxylic acids is 1. The summed E-state index contributed by atoms with van der Waals surface area (Å²) < 4.78 is 0. The Kier molecular flexibility index (Phi) is 5.00. The van der Waals surface area contributed by atoms with Crippen molar-refractivity contribution in [2.45, 2.75) is 18.9 Å². The molecule has 2 aromatic rings. The predicted octanol–water partition coefficient (Wildman–Crippen LogP) is 4.20. The molecular weight excluding hydrogens is 304 g/mol. The maximum Gasteiger partial charge on any atom is 0.173 e. The quantitative estimate of drug-likeness (QED) is 0.626. The Morgan fingerprint density at radius 2 is 2.14 bits per heavy atom. The first-order valence-corrected chi connectivity index (χ1v) is 7.67. The topological polar surface area (TPSA) is 53.8 Å². The van der Waals surface area contributed by atoms with Crippen LogP contribution < -0.4 is 0 Å². The van der Waals surface area contributed by atoms with Gasteiger partial charge in [-0.15, -0.1) is 0 Å². The third kappa shape index (κ3) is 3.84. The predicted molar refractivity (Wildman–Crippen MR) is 84.9 cm³/mol. The second kappa shape index (κ2) is 6.75. The van der Waals surface area contributed by atoms with Crippen molar-refractivity contribution in [1.82, 2.24) is 4.98 Å². The lowest BCUT2D eigenvalue weighted by Gasteiger charge is -2.07. The molecule has 0 amide bonds. The second-order valence-electron chi connectivity index (χ2n) is 4.59. The summed E-state index contributed by atoms with van der Waals surface area (Å²) in [6.45, 7) is 3.74. The maximum absolute atomic E-state index is 12.1. The molecule has 0 spiro atoms. The van der Waals surface area contributed by atoms with Gasteiger partial charge in [-0.05, 0) is 37.6 Å². The zero-order valence-corrected chi connectivity index (χ0v) is 13.3. The zero-order chi connectivity index (χ0) is 15.4. The molecule has 2 rings (SSSR count). The summed E-state index contributed by atoms with van der Waals surface area (Å²) in [6, 6.07) is 10.9. The molecule has 0 fully saturated rings. The lowest BCUT2D eigenvalue weighted by Crippen LogP contribution is -2.04. The van der Waals surface area contributed by atoms with Crippen LogP contribution in [0, 0.1) is 25.2 Å². The summed E-state index contributed by atoms with van der Waals surface area (Å²) in [5.41, 5.74) is 2.81. The molecule has 0 bridgehead atoms. The Bertz CT molecular complexity index is 738. The average molecular weight is 317 g/mol. The van der Waals surface area contributed by atoms with E-state index < -0.39 is 0 Å². The van der Waals surface area contributed by atoms with Gasteiger partial charge in [-0.1, -0.05) is 35.5 Å². The normalized spacial score (nSPS) is 10.2. The number of benzene rings is 1. The number of pyridine rings is 1. The molecule has 0 aliphatic heterocycles. The average Bonchev–Trinajstić information content (AvgIpc) is 2.44. The number of ketones is 1. The fraction of sp³-hybridized carbons (Fsp3) is 0.188. The van der Waals surface area contributed by atoms with E-state index in [1.807, 2.05) is 19.9 Å². The van der Waals surface area contributed by atoms with Crippen LogP contribution in [0.3, 0.4) is 0 Å². The molecule has 106 valence electrons. The first-order chi connectivity index (χ1) is 10.0. The lowest BCUT2D eigenvalue weighted by molar-refractivity contribution is 0.102. The standard InChI is InChI=1S/C16H13ClN2OS/c1-10-6-11(2)19-16(14(10)8-18)21-9-15(20)12-4-3-5-13(17)7-12/h3-7H,9H2,1-2H3. The zero-order valence-electron chi connectivity index (χ0n) is 11.7. The van der Waals surface area contributed by atoms with E-state index in [0.717, 1.165) is 11.3 Å². The molecule has 3 nitrogen and oxygen atoms in total. The minimum Gasteiger partial charge on any atom is -0.293 e. The van der Waals surface area contributed by atoms with Crippen LogP contribution in [0.15, 0.2) is 35.4 Å². The first-order valence-electron chi connectivity index (χ1n) is 6.31. The number of thioether (sulfide) groups is 1. The molecule has 0 unspecified atom stereocenters. The number of aryl methyl sites for hydroxylation is 2. The lowest BCUT2D eigenvalue weighted by atomic mass is 10.1. The number of carbonyl (C=O) groups is 1. The number of Topliss-reactive ketones (excluding diaryl/α,β-unsaturated/α-hetero) is 1. The van der Waals surface area contributed by atoms with Crippen molar-refractivity contribution in [1.29, 1.82) is 5.26 Å². The van der Waals surface area contributed by atoms with E-state index in [-0.39, 0.29) is 11.5 Å². The van der Waals surface area contributed by atoms with E-state index >= 15 is 0 Å². The molecular formula is C16H13ClN2OS. The number of hydrogen-bond donors (Lipinski definition) is 0. The fourth-order valence-corrected chi connectivity index (χ4v) is 3.11. The number of rotatable bonds is 4. The van der Waals surface area contributed by atoms with Gasteiger partial charge >= 0.3 is 0 Å². The Hall–Kier alpha value is -1.83. The van der Waals surface area contributed by atoms with Gasteiger partial charge in [0.05, 0.1) is 11.3 Å². The molecule has 1 aromatic heterocycles. The Balaban J connectivity index is 2.17. The molecule has 0 atom stereocenters. The Morgan fingerprint density at radius 1 is 1.38 bits per heavy atom. The summed E-state index contributed by atoms with van der Waals surface area (Å²) >= 11 is 7.16. The molecule has 0 saturated heterocycles. The van der Waals surface area contributed by atoms with Crippen LogP contribution in [0.4, 0.5) is 0 Å². The molecule has 0 radical (unpaired) electrons. The van der Waals surface area contributed by atoms with Crippen molar-refractivity contribution < 1.29 is 4.79 Å². The van der Waals surface area contributed by atoms with Gasteiger partial charge in [0.2, 0.25) is 0 Å². The SMILES string of the molecule is Cc1cc(C)c(C#N)c(SCC(=O)c2cccc(Cl)c2)n1. The van der Waals surface area contributed by atoms with E-state index in [4.69, 9.17) is 11.6 Å². The van der Waals surface area contributed by atoms with Crippen LogP contribution in [0.25, 0.3) is 0 Å². The van der Waals surface area contributed by atoms with Crippen molar-refractivity contribution in [3.63, 3.8) is 0 Å². The third-order valence-electron chi connectivity index (χ3n) is 2.91. The first kappa shape index (κ1) is 15.6. The van der Waals surface area contributed by atoms with Crippen molar-refractivity contribution >= 4 is 29.1 Å². The second-order valence-corrected chi connectivity index (χ2v) is 6.00. The van der Waals surface area contributed by atoms with Gasteiger partial charge < -0.3 is 0 Å². The van der Waals surface area contributed by atoms with Gasteiger partial charge in [-0.2, -0.15) is 5.26 Å². The van der Waals surface area contributed by atoms with Gasteiger partial charge in [0.15, 0.2) is 5.78 Å². The Labute approximate surface area is 133 Å². The van der Waals surface area contributed by atoms with Crippen LogP contribution in [0.5, 0.6) is 0 Å². The monoisotopic (exact) mass is 316 g/mol. The minimum atomic E-state index is -0.0349. The highest BCUT2D eigenvalue weighted by atomic mass is 35.5. The van der Waals surface area contributed by atoms with Gasteiger partial charge in [0, 0.05) is 16.3 Å². The van der Waals surface area contributed by atoms with Crippen molar-refractivity contribution in [3.05, 3.63) is 57.7 Å². The Morgan fingerprint density at radius 3 is 2.81 bits per heavy atom. The number of nitrogens with zero attached hydrogens (tertiary/aromatic N) is 2. The van der Waals surface area contributed by atoms with E-state index in [9.17, 15) is 10.1 Å².